The summed E-state index contributed by atoms with van der Waals surface area (Å²) in [7, 11) is 0. The lowest BCUT2D eigenvalue weighted by molar-refractivity contribution is 1.07. The first-order valence-electron chi connectivity index (χ1n) is 14.3. The monoisotopic (exact) mass is 567 g/mol. The molecule has 0 unspecified atom stereocenters. The summed E-state index contributed by atoms with van der Waals surface area (Å²) >= 11 is 1.84. The number of aromatic nitrogens is 3. The fourth-order valence-electron chi connectivity index (χ4n) is 5.60. The second kappa shape index (κ2) is 10.8. The van der Waals surface area contributed by atoms with Crippen molar-refractivity contribution in [3.05, 3.63) is 152 Å². The normalized spacial score (nSPS) is 11.3. The standard InChI is InChI=1S/C39H25N3S/c1-4-12-26(13-5-1)29-18-10-19-30(24-29)32-20-11-21-33-34-25-31(22-23-35(34)43-36(32)33)39-41-37(27-14-6-2-7-15-27)40-38(42-39)28-16-8-3-9-17-28/h1-25H. The minimum atomic E-state index is 0.667. The van der Waals surface area contributed by atoms with Gasteiger partial charge >= 0.3 is 0 Å². The maximum absolute atomic E-state index is 4.96. The van der Waals surface area contributed by atoms with E-state index in [2.05, 4.69) is 91.0 Å². The van der Waals surface area contributed by atoms with E-state index in [0.717, 1.165) is 16.7 Å². The molecule has 8 aromatic rings. The number of thiophene rings is 1. The van der Waals surface area contributed by atoms with Crippen LogP contribution in [0, 0.1) is 0 Å². The number of nitrogens with zero attached hydrogens (tertiary/aromatic N) is 3. The first-order chi connectivity index (χ1) is 21.3. The molecule has 202 valence electrons. The van der Waals surface area contributed by atoms with Crippen LogP contribution in [-0.4, -0.2) is 15.0 Å². The van der Waals surface area contributed by atoms with Gasteiger partial charge in [-0.25, -0.2) is 15.0 Å². The van der Waals surface area contributed by atoms with Crippen LogP contribution in [0.3, 0.4) is 0 Å². The van der Waals surface area contributed by atoms with Crippen LogP contribution >= 0.6 is 11.3 Å². The molecule has 0 atom stereocenters. The Morgan fingerprint density at radius 3 is 1.53 bits per heavy atom. The average molecular weight is 568 g/mol. The van der Waals surface area contributed by atoms with Gasteiger partial charge in [0, 0.05) is 36.9 Å². The van der Waals surface area contributed by atoms with Gasteiger partial charge < -0.3 is 0 Å². The molecule has 2 heterocycles. The number of fused-ring (bicyclic) bond motifs is 3. The maximum Gasteiger partial charge on any atom is 0.164 e. The Balaban J connectivity index is 1.27. The molecule has 0 aliphatic rings. The van der Waals surface area contributed by atoms with Gasteiger partial charge in [-0.3, -0.25) is 0 Å². The zero-order chi connectivity index (χ0) is 28.6. The Labute approximate surface area is 253 Å². The van der Waals surface area contributed by atoms with Crippen LogP contribution in [0.1, 0.15) is 0 Å². The second-order valence-electron chi connectivity index (χ2n) is 10.5. The molecule has 0 fully saturated rings. The van der Waals surface area contributed by atoms with E-state index in [1.807, 2.05) is 72.0 Å². The quantitative estimate of drug-likeness (QED) is 0.208. The Kier molecular flexibility index (Phi) is 6.32. The van der Waals surface area contributed by atoms with Crippen molar-refractivity contribution in [2.24, 2.45) is 0 Å². The molecule has 0 aliphatic carbocycles. The van der Waals surface area contributed by atoms with Gasteiger partial charge in [0.15, 0.2) is 17.5 Å². The number of rotatable bonds is 5. The SMILES string of the molecule is c1ccc(-c2cccc(-c3cccc4c3sc3ccc(-c5nc(-c6ccccc6)nc(-c6ccccc6)n5)cc34)c2)cc1. The van der Waals surface area contributed by atoms with Crippen LogP contribution in [0.2, 0.25) is 0 Å². The lowest BCUT2D eigenvalue weighted by Gasteiger charge is -2.08. The van der Waals surface area contributed by atoms with Gasteiger partial charge in [0.05, 0.1) is 0 Å². The van der Waals surface area contributed by atoms with Crippen LogP contribution in [0.25, 0.3) is 76.6 Å². The van der Waals surface area contributed by atoms with E-state index in [0.29, 0.717) is 17.5 Å². The van der Waals surface area contributed by atoms with Gasteiger partial charge in [0.1, 0.15) is 0 Å². The Morgan fingerprint density at radius 1 is 0.349 bits per heavy atom. The molecule has 0 aliphatic heterocycles. The van der Waals surface area contributed by atoms with E-state index in [4.69, 9.17) is 15.0 Å². The number of benzene rings is 6. The summed E-state index contributed by atoms with van der Waals surface area (Å²) < 4.78 is 2.52. The highest BCUT2D eigenvalue weighted by Gasteiger charge is 2.15. The zero-order valence-electron chi connectivity index (χ0n) is 23.2. The van der Waals surface area contributed by atoms with Crippen LogP contribution in [0.15, 0.2) is 152 Å². The molecule has 0 radical (unpaired) electrons. The lowest BCUT2D eigenvalue weighted by atomic mass is 9.98. The largest absolute Gasteiger partial charge is 0.208 e. The van der Waals surface area contributed by atoms with Crippen molar-refractivity contribution in [1.82, 2.24) is 15.0 Å². The summed E-state index contributed by atoms with van der Waals surface area (Å²) in [6.45, 7) is 0. The van der Waals surface area contributed by atoms with Crippen molar-refractivity contribution in [3.8, 4) is 56.4 Å². The van der Waals surface area contributed by atoms with Crippen LogP contribution < -0.4 is 0 Å². The van der Waals surface area contributed by atoms with Crippen molar-refractivity contribution in [2.45, 2.75) is 0 Å². The summed E-state index contributed by atoms with van der Waals surface area (Å²) in [6, 6.07) is 52.8. The average Bonchev–Trinajstić information content (AvgIpc) is 3.47. The van der Waals surface area contributed by atoms with Gasteiger partial charge in [-0.2, -0.15) is 0 Å². The van der Waals surface area contributed by atoms with Gasteiger partial charge in [0.25, 0.3) is 0 Å². The van der Waals surface area contributed by atoms with Crippen LogP contribution in [0.5, 0.6) is 0 Å². The number of hydrogen-bond acceptors (Lipinski definition) is 4. The minimum absolute atomic E-state index is 0.667. The summed E-state index contributed by atoms with van der Waals surface area (Å²) in [5, 5.41) is 2.45. The Bertz CT molecular complexity index is 2170. The van der Waals surface area contributed by atoms with Crippen molar-refractivity contribution in [1.29, 1.82) is 0 Å². The van der Waals surface area contributed by atoms with Crippen molar-refractivity contribution in [2.75, 3.05) is 0 Å². The van der Waals surface area contributed by atoms with E-state index in [1.54, 1.807) is 0 Å². The fraction of sp³-hybridized carbons (Fsp3) is 0. The molecule has 2 aromatic heterocycles. The Morgan fingerprint density at radius 2 is 0.884 bits per heavy atom. The van der Waals surface area contributed by atoms with Gasteiger partial charge in [-0.1, -0.05) is 127 Å². The van der Waals surface area contributed by atoms with Crippen molar-refractivity contribution >= 4 is 31.5 Å². The first kappa shape index (κ1) is 25.3. The highest BCUT2D eigenvalue weighted by atomic mass is 32.1. The highest BCUT2D eigenvalue weighted by Crippen LogP contribution is 2.41. The van der Waals surface area contributed by atoms with Crippen LogP contribution in [0.4, 0.5) is 0 Å². The molecule has 6 aromatic carbocycles. The maximum atomic E-state index is 4.96. The molecule has 3 nitrogen and oxygen atoms in total. The van der Waals surface area contributed by atoms with E-state index in [-0.39, 0.29) is 0 Å². The topological polar surface area (TPSA) is 38.7 Å². The molecule has 43 heavy (non-hydrogen) atoms. The third-order valence-electron chi connectivity index (χ3n) is 7.74. The molecule has 0 spiro atoms. The predicted molar refractivity (Wildman–Crippen MR) is 180 cm³/mol. The van der Waals surface area contributed by atoms with E-state index >= 15 is 0 Å². The summed E-state index contributed by atoms with van der Waals surface area (Å²) in [5.74, 6) is 2.00. The highest BCUT2D eigenvalue weighted by molar-refractivity contribution is 7.26. The zero-order valence-corrected chi connectivity index (χ0v) is 24.0. The van der Waals surface area contributed by atoms with E-state index in [9.17, 15) is 0 Å². The molecular weight excluding hydrogens is 543 g/mol. The number of hydrogen-bond donors (Lipinski definition) is 0. The third kappa shape index (κ3) is 4.78. The molecule has 0 bridgehead atoms. The second-order valence-corrected chi connectivity index (χ2v) is 11.5. The van der Waals surface area contributed by atoms with E-state index < -0.39 is 0 Å². The molecule has 0 N–H and O–H groups in total. The molecule has 0 amide bonds. The summed E-state index contributed by atoms with van der Waals surface area (Å²) in [4.78, 5) is 14.8. The van der Waals surface area contributed by atoms with Gasteiger partial charge in [0.2, 0.25) is 0 Å². The van der Waals surface area contributed by atoms with Crippen molar-refractivity contribution in [3.63, 3.8) is 0 Å². The van der Waals surface area contributed by atoms with E-state index in [1.165, 1.54) is 42.4 Å². The first-order valence-corrected chi connectivity index (χ1v) is 15.1. The molecular formula is C39H25N3S. The van der Waals surface area contributed by atoms with Crippen molar-refractivity contribution < 1.29 is 0 Å². The Hall–Kier alpha value is -5.45. The van der Waals surface area contributed by atoms with Crippen LogP contribution in [-0.2, 0) is 0 Å². The minimum Gasteiger partial charge on any atom is -0.208 e. The fourth-order valence-corrected chi connectivity index (χ4v) is 6.82. The van der Waals surface area contributed by atoms with Gasteiger partial charge in [-0.15, -0.1) is 11.3 Å². The summed E-state index contributed by atoms with van der Waals surface area (Å²) in [6.07, 6.45) is 0. The smallest absolute Gasteiger partial charge is 0.164 e. The lowest BCUT2D eigenvalue weighted by Crippen LogP contribution is -2.00. The molecule has 0 saturated heterocycles. The predicted octanol–water partition coefficient (Wildman–Crippen LogP) is 10.6. The summed E-state index contributed by atoms with van der Waals surface area (Å²) in [5.41, 5.74) is 7.81. The van der Waals surface area contributed by atoms with Gasteiger partial charge in [-0.05, 0) is 46.5 Å². The molecule has 4 heteroatoms. The third-order valence-corrected chi connectivity index (χ3v) is 8.95. The molecule has 0 saturated carbocycles. The molecule has 8 rings (SSSR count).